The van der Waals surface area contributed by atoms with Gasteiger partial charge in [0.05, 0.1) is 13.0 Å². The lowest BCUT2D eigenvalue weighted by Gasteiger charge is -2.10. The van der Waals surface area contributed by atoms with Gasteiger partial charge in [-0.05, 0) is 39.3 Å². The molecule has 1 aromatic heterocycles. The van der Waals surface area contributed by atoms with Crippen LogP contribution in [0.5, 0.6) is 0 Å². The number of methoxy groups -OCH3 is 1. The molecule has 3 N–H and O–H groups in total. The molecule has 1 aromatic rings. The lowest BCUT2D eigenvalue weighted by Crippen LogP contribution is -2.18. The number of H-pyrrole nitrogens is 1. The summed E-state index contributed by atoms with van der Waals surface area (Å²) < 4.78 is 12.0. The van der Waals surface area contributed by atoms with Crippen molar-refractivity contribution in [2.75, 3.05) is 45.9 Å². The van der Waals surface area contributed by atoms with E-state index in [4.69, 9.17) is 14.6 Å². The molecule has 1 rings (SSSR count). The molecule has 0 aliphatic carbocycles. The number of aromatic nitrogens is 2. The highest BCUT2D eigenvalue weighted by Crippen LogP contribution is 2.14. The number of amidine groups is 1. The van der Waals surface area contributed by atoms with Crippen LogP contribution in [-0.4, -0.2) is 73.7 Å². The maximum Gasteiger partial charge on any atom is 0.327 e. The van der Waals surface area contributed by atoms with E-state index in [0.717, 1.165) is 45.8 Å². The van der Waals surface area contributed by atoms with Gasteiger partial charge in [-0.2, -0.15) is 4.99 Å². The van der Waals surface area contributed by atoms with Crippen LogP contribution in [0.4, 0.5) is 5.82 Å². The number of nitrogens with zero attached hydrogens (tertiary/aromatic N) is 3. The van der Waals surface area contributed by atoms with Gasteiger partial charge in [-0.15, -0.1) is 0 Å². The number of hydrogen-bond acceptors (Lipinski definition) is 6. The number of rotatable bonds is 15. The van der Waals surface area contributed by atoms with Crippen LogP contribution in [-0.2, 0) is 20.8 Å². The van der Waals surface area contributed by atoms with Crippen molar-refractivity contribution in [2.45, 2.75) is 72.8 Å². The van der Waals surface area contributed by atoms with E-state index >= 15 is 0 Å². The Kier molecular flexibility index (Phi) is 22.8. The average Bonchev–Trinajstić information content (AvgIpc) is 3.16. The van der Waals surface area contributed by atoms with Crippen molar-refractivity contribution in [3.63, 3.8) is 0 Å². The number of carbonyl (C=O) groups excluding carboxylic acids is 1. The van der Waals surface area contributed by atoms with Crippen molar-refractivity contribution in [2.24, 2.45) is 9.98 Å². The van der Waals surface area contributed by atoms with Crippen LogP contribution < -0.4 is 11.0 Å². The van der Waals surface area contributed by atoms with Gasteiger partial charge in [0.25, 0.3) is 0 Å². The predicted octanol–water partition coefficient (Wildman–Crippen LogP) is 3.24. The van der Waals surface area contributed by atoms with E-state index in [0.29, 0.717) is 37.8 Å². The molecule has 0 fully saturated rings. The van der Waals surface area contributed by atoms with Crippen molar-refractivity contribution in [1.82, 2.24) is 9.55 Å². The van der Waals surface area contributed by atoms with Gasteiger partial charge in [-0.1, -0.05) is 27.2 Å². The van der Waals surface area contributed by atoms with E-state index < -0.39 is 0 Å². The number of amides is 1. The van der Waals surface area contributed by atoms with Gasteiger partial charge in [0.2, 0.25) is 5.91 Å². The van der Waals surface area contributed by atoms with Gasteiger partial charge in [-0.3, -0.25) is 9.36 Å². The summed E-state index contributed by atoms with van der Waals surface area (Å²) in [5, 5.41) is 10.2. The number of unbranched alkanes of at least 4 members (excludes halogenated alkanes) is 3. The van der Waals surface area contributed by atoms with Crippen LogP contribution in [0.25, 0.3) is 0 Å². The molecule has 0 spiro atoms. The van der Waals surface area contributed by atoms with Gasteiger partial charge in [0, 0.05) is 40.5 Å². The number of hydrogen-bond donors (Lipinski definition) is 3. The smallest absolute Gasteiger partial charge is 0.327 e. The molecule has 1 amide bonds. The first-order valence-corrected chi connectivity index (χ1v) is 11.8. The second-order valence-electron chi connectivity index (χ2n) is 6.58. The summed E-state index contributed by atoms with van der Waals surface area (Å²) in [4.78, 5) is 35.0. The minimum absolute atomic E-state index is 0.109. The Bertz CT molecular complexity index is 713. The Morgan fingerprint density at radius 1 is 1.12 bits per heavy atom. The van der Waals surface area contributed by atoms with Crippen molar-refractivity contribution in [1.29, 1.82) is 0 Å². The zero-order valence-electron chi connectivity index (χ0n) is 21.4. The zero-order valence-corrected chi connectivity index (χ0v) is 21.4. The summed E-state index contributed by atoms with van der Waals surface area (Å²) in [7, 11) is 2.69. The SMILES string of the molecule is C=NC(=NC(=O)CCOCCCCCOC)c1[nH]c(=O)n(CC)c1NCCCC.CC.CO. The molecule has 0 aromatic carbocycles. The highest BCUT2D eigenvalue weighted by atomic mass is 16.5. The lowest BCUT2D eigenvalue weighted by molar-refractivity contribution is -0.118. The van der Waals surface area contributed by atoms with Gasteiger partial charge in [0.1, 0.15) is 11.5 Å². The van der Waals surface area contributed by atoms with Crippen LogP contribution in [0.3, 0.4) is 0 Å². The summed E-state index contributed by atoms with van der Waals surface area (Å²) in [6, 6.07) is 0. The van der Waals surface area contributed by atoms with Crippen LogP contribution in [0.2, 0.25) is 0 Å². The van der Waals surface area contributed by atoms with Gasteiger partial charge < -0.3 is 24.9 Å². The second-order valence-corrected chi connectivity index (χ2v) is 6.58. The third-order valence-electron chi connectivity index (χ3n) is 4.32. The molecular weight excluding hydrogens is 426 g/mol. The lowest BCUT2D eigenvalue weighted by atomic mass is 10.2. The molecule has 0 bridgehead atoms. The Hall–Kier alpha value is -2.30. The van der Waals surface area contributed by atoms with E-state index in [2.05, 4.69) is 33.9 Å². The Morgan fingerprint density at radius 3 is 2.36 bits per heavy atom. The number of aliphatic imine (C=N–C) groups is 2. The largest absolute Gasteiger partial charge is 0.400 e. The number of aliphatic hydroxyl groups excluding tert-OH is 1. The third kappa shape index (κ3) is 13.8. The number of aliphatic hydroxyl groups is 1. The van der Waals surface area contributed by atoms with Gasteiger partial charge >= 0.3 is 5.69 Å². The molecule has 0 atom stereocenters. The van der Waals surface area contributed by atoms with E-state index in [1.165, 1.54) is 0 Å². The van der Waals surface area contributed by atoms with Crippen LogP contribution in [0.15, 0.2) is 14.8 Å². The quantitative estimate of drug-likeness (QED) is 0.204. The van der Waals surface area contributed by atoms with Gasteiger partial charge in [-0.25, -0.2) is 9.79 Å². The predicted molar refractivity (Wildman–Crippen MR) is 136 cm³/mol. The van der Waals surface area contributed by atoms with Crippen molar-refractivity contribution >= 4 is 24.3 Å². The summed E-state index contributed by atoms with van der Waals surface area (Å²) in [5.74, 6) is 0.325. The number of aromatic amines is 1. The first-order valence-electron chi connectivity index (χ1n) is 11.8. The summed E-state index contributed by atoms with van der Waals surface area (Å²) in [5.41, 5.74) is 0.109. The number of imidazole rings is 1. The molecule has 0 aliphatic heterocycles. The molecule has 33 heavy (non-hydrogen) atoms. The molecule has 0 saturated heterocycles. The van der Waals surface area contributed by atoms with Crippen molar-refractivity contribution < 1.29 is 19.4 Å². The fourth-order valence-electron chi connectivity index (χ4n) is 2.73. The second kappa shape index (κ2) is 22.9. The fraction of sp³-hybridized carbons (Fsp3) is 0.739. The van der Waals surface area contributed by atoms with E-state index in [-0.39, 0.29) is 23.9 Å². The summed E-state index contributed by atoms with van der Waals surface area (Å²) in [6.07, 6.45) is 5.09. The topological polar surface area (TPSA) is 130 Å². The highest BCUT2D eigenvalue weighted by molar-refractivity contribution is 6.08. The first kappa shape index (κ1) is 32.9. The van der Waals surface area contributed by atoms with Crippen molar-refractivity contribution in [3.8, 4) is 0 Å². The Morgan fingerprint density at radius 2 is 1.79 bits per heavy atom. The minimum atomic E-state index is -0.364. The van der Waals surface area contributed by atoms with Crippen LogP contribution in [0, 0.1) is 0 Å². The molecule has 0 radical (unpaired) electrons. The fourth-order valence-corrected chi connectivity index (χ4v) is 2.73. The summed E-state index contributed by atoms with van der Waals surface area (Å²) in [6.45, 7) is 14.3. The van der Waals surface area contributed by atoms with E-state index in [9.17, 15) is 9.59 Å². The molecule has 0 unspecified atom stereocenters. The maximum absolute atomic E-state index is 12.2. The Labute approximate surface area is 198 Å². The average molecular weight is 472 g/mol. The standard InChI is InChI=1S/C20H35N5O4.C2H6.CH4O/c1-5-7-12-22-19-17(24-20(27)25(19)6-2)18(21-3)23-16(26)11-15-29-14-10-8-9-13-28-4;2*1-2/h22H,3,5-15H2,1-2,4H3,(H,24,27);1-2H3;2H,1H3. The van der Waals surface area contributed by atoms with E-state index in [1.54, 1.807) is 11.7 Å². The van der Waals surface area contributed by atoms with Crippen molar-refractivity contribution in [3.05, 3.63) is 16.2 Å². The third-order valence-corrected chi connectivity index (χ3v) is 4.32. The minimum Gasteiger partial charge on any atom is -0.400 e. The normalized spacial score (nSPS) is 10.6. The molecule has 10 nitrogen and oxygen atoms in total. The monoisotopic (exact) mass is 471 g/mol. The zero-order chi connectivity index (χ0) is 25.5. The van der Waals surface area contributed by atoms with Crippen LogP contribution in [0.1, 0.15) is 71.9 Å². The molecular formula is C23H45N5O5. The molecule has 0 saturated carbocycles. The molecule has 1 heterocycles. The number of nitrogens with one attached hydrogen (secondary N) is 2. The number of anilines is 1. The first-order chi connectivity index (χ1) is 16.1. The van der Waals surface area contributed by atoms with Crippen LogP contribution >= 0.6 is 0 Å². The van der Waals surface area contributed by atoms with Gasteiger partial charge in [0.15, 0.2) is 5.84 Å². The maximum atomic E-state index is 12.2. The number of ether oxygens (including phenoxy) is 2. The molecule has 0 aliphatic rings. The Balaban J connectivity index is 0. The van der Waals surface area contributed by atoms with E-state index in [1.807, 2.05) is 20.8 Å². The highest BCUT2D eigenvalue weighted by Gasteiger charge is 2.18. The number of carbonyl (C=O) groups is 1. The molecule has 10 heteroatoms. The molecule has 192 valence electrons. The summed E-state index contributed by atoms with van der Waals surface area (Å²) >= 11 is 0.